The summed E-state index contributed by atoms with van der Waals surface area (Å²) in [5.74, 6) is -3.69. The Morgan fingerprint density at radius 1 is 1.03 bits per heavy atom. The van der Waals surface area contributed by atoms with Gasteiger partial charge in [-0.15, -0.1) is 0 Å². The van der Waals surface area contributed by atoms with Gasteiger partial charge in [-0.25, -0.2) is 9.59 Å². The molecule has 2 N–H and O–H groups in total. The number of alkyl halides is 3. The highest BCUT2D eigenvalue weighted by molar-refractivity contribution is 5.89. The maximum absolute atomic E-state index is 14.5. The second-order valence-electron chi connectivity index (χ2n) is 8.07. The van der Waals surface area contributed by atoms with Crippen molar-refractivity contribution in [2.24, 2.45) is 7.05 Å². The third-order valence-corrected chi connectivity index (χ3v) is 6.14. The van der Waals surface area contributed by atoms with Crippen LogP contribution in [0, 0.1) is 0 Å². The highest BCUT2D eigenvalue weighted by Gasteiger charge is 2.59. The van der Waals surface area contributed by atoms with Crippen LogP contribution in [0.4, 0.5) is 13.2 Å². The maximum atomic E-state index is 14.5. The molecule has 0 aliphatic carbocycles. The molecule has 4 rings (SSSR count). The summed E-state index contributed by atoms with van der Waals surface area (Å²) in [6.45, 7) is 1.19. The van der Waals surface area contributed by atoms with Crippen molar-refractivity contribution >= 4 is 17.1 Å². The van der Waals surface area contributed by atoms with Gasteiger partial charge in [-0.05, 0) is 46.5 Å². The number of halogens is 3. The Labute approximate surface area is 191 Å². The first-order chi connectivity index (χ1) is 15.9. The molecule has 2 atom stereocenters. The summed E-state index contributed by atoms with van der Waals surface area (Å²) >= 11 is 0. The lowest BCUT2D eigenvalue weighted by molar-refractivity contribution is -0.274. The molecule has 3 aromatic carbocycles. The third kappa shape index (κ3) is 3.67. The van der Waals surface area contributed by atoms with E-state index in [1.807, 2.05) is 0 Å². The Morgan fingerprint density at radius 2 is 1.71 bits per heavy atom. The Bertz CT molecular complexity index is 1440. The van der Waals surface area contributed by atoms with Crippen LogP contribution in [-0.2, 0) is 12.6 Å². The number of aliphatic hydroxyl groups is 1. The Balaban J connectivity index is 1.97. The van der Waals surface area contributed by atoms with Crippen molar-refractivity contribution in [3.63, 3.8) is 0 Å². The molecule has 6 nitrogen and oxygen atoms in total. The van der Waals surface area contributed by atoms with Gasteiger partial charge in [0.1, 0.15) is 0 Å². The maximum Gasteiger partial charge on any atom is 0.422 e. The zero-order chi connectivity index (χ0) is 24.8. The summed E-state index contributed by atoms with van der Waals surface area (Å²) in [4.78, 5) is 23.4. The van der Waals surface area contributed by atoms with Crippen LogP contribution in [-0.4, -0.2) is 26.9 Å². The topological polar surface area (TPSA) is 92.7 Å². The first-order valence-corrected chi connectivity index (χ1v) is 10.3. The molecule has 1 heterocycles. The van der Waals surface area contributed by atoms with Gasteiger partial charge in [-0.2, -0.15) is 13.2 Å². The molecule has 1 aromatic heterocycles. The van der Waals surface area contributed by atoms with Gasteiger partial charge in [0.05, 0.1) is 11.1 Å². The van der Waals surface area contributed by atoms with E-state index < -0.39 is 35.0 Å². The summed E-state index contributed by atoms with van der Waals surface area (Å²) in [6.07, 6.45) is -5.15. The summed E-state index contributed by atoms with van der Waals surface area (Å²) in [5, 5.41) is 20.7. The number of carbonyl (C=O) groups is 1. The molecule has 0 saturated heterocycles. The third-order valence-electron chi connectivity index (χ3n) is 6.14. The molecular formula is C25H20F3NO5. The number of hydrogen-bond donors (Lipinski definition) is 2. The van der Waals surface area contributed by atoms with Crippen LogP contribution in [0.15, 0.2) is 75.9 Å². The van der Waals surface area contributed by atoms with Gasteiger partial charge in [0, 0.05) is 13.0 Å². The first kappa shape index (κ1) is 23.3. The van der Waals surface area contributed by atoms with Gasteiger partial charge in [-0.1, -0.05) is 49.4 Å². The predicted octanol–water partition coefficient (Wildman–Crippen LogP) is 5.05. The molecule has 0 spiro atoms. The Kier molecular flexibility index (Phi) is 5.61. The number of hydrogen-bond acceptors (Lipinski definition) is 4. The minimum Gasteiger partial charge on any atom is -0.478 e. The van der Waals surface area contributed by atoms with Crippen LogP contribution in [0.5, 0.6) is 0 Å². The van der Waals surface area contributed by atoms with Crippen LogP contribution >= 0.6 is 0 Å². The van der Waals surface area contributed by atoms with E-state index in [1.54, 1.807) is 30.3 Å². The van der Waals surface area contributed by atoms with E-state index in [2.05, 4.69) is 0 Å². The number of benzene rings is 3. The minimum atomic E-state index is -5.15. The highest BCUT2D eigenvalue weighted by atomic mass is 19.4. The molecule has 0 amide bonds. The summed E-state index contributed by atoms with van der Waals surface area (Å²) in [7, 11) is 1.41. The first-order valence-electron chi connectivity index (χ1n) is 10.3. The molecule has 34 heavy (non-hydrogen) atoms. The van der Waals surface area contributed by atoms with E-state index in [1.165, 1.54) is 32.2 Å². The molecule has 9 heteroatoms. The van der Waals surface area contributed by atoms with Gasteiger partial charge in [-0.3, -0.25) is 4.57 Å². The van der Waals surface area contributed by atoms with Crippen LogP contribution in [0.25, 0.3) is 22.2 Å². The van der Waals surface area contributed by atoms with Crippen LogP contribution < -0.4 is 5.76 Å². The monoisotopic (exact) mass is 471 g/mol. The largest absolute Gasteiger partial charge is 0.478 e. The molecule has 0 saturated carbocycles. The minimum absolute atomic E-state index is 0.000497. The van der Waals surface area contributed by atoms with E-state index >= 15 is 0 Å². The van der Waals surface area contributed by atoms with E-state index in [9.17, 15) is 33.0 Å². The van der Waals surface area contributed by atoms with E-state index in [-0.39, 0.29) is 22.2 Å². The predicted molar refractivity (Wildman–Crippen MR) is 119 cm³/mol. The molecule has 0 aliphatic rings. The molecular weight excluding hydrogens is 451 g/mol. The van der Waals surface area contributed by atoms with Crippen LogP contribution in [0.2, 0.25) is 0 Å². The number of nitrogens with zero attached hydrogens (tertiary/aromatic N) is 1. The van der Waals surface area contributed by atoms with Crippen molar-refractivity contribution < 1.29 is 32.6 Å². The quantitative estimate of drug-likeness (QED) is 0.425. The summed E-state index contributed by atoms with van der Waals surface area (Å²) < 4.78 is 49.8. The number of carboxylic acid groups (broad SMARTS) is 1. The number of aromatic nitrogens is 1. The van der Waals surface area contributed by atoms with Gasteiger partial charge < -0.3 is 14.6 Å². The molecule has 0 bridgehead atoms. The number of rotatable bonds is 5. The number of oxazole rings is 1. The van der Waals surface area contributed by atoms with Crippen molar-refractivity contribution in [2.45, 2.75) is 24.6 Å². The fourth-order valence-corrected chi connectivity index (χ4v) is 4.19. The molecule has 0 aliphatic heterocycles. The van der Waals surface area contributed by atoms with Crippen LogP contribution in [0.3, 0.4) is 0 Å². The average molecular weight is 471 g/mol. The Hall–Kier alpha value is -3.85. The lowest BCUT2D eigenvalue weighted by Crippen LogP contribution is -2.46. The van der Waals surface area contributed by atoms with Gasteiger partial charge in [0.2, 0.25) is 0 Å². The smallest absolute Gasteiger partial charge is 0.422 e. The fraction of sp³-hybridized carbons (Fsp3) is 0.200. The molecule has 0 fully saturated rings. The van der Waals surface area contributed by atoms with Crippen molar-refractivity contribution in [2.75, 3.05) is 0 Å². The average Bonchev–Trinajstić information content (AvgIpc) is 3.10. The standard InChI is InChI=1S/C25H20F3NO5/c1-14(19-12-16(22(30)31)8-10-18(19)15-6-4-3-5-7-15)24(33,25(26,27)28)17-9-11-20-21(13-17)34-23(32)29(20)2/h3-14,33H,1-2H3,(H,30,31). The Morgan fingerprint density at radius 3 is 2.32 bits per heavy atom. The zero-order valence-electron chi connectivity index (χ0n) is 18.1. The molecule has 0 radical (unpaired) electrons. The van der Waals surface area contributed by atoms with E-state index in [4.69, 9.17) is 4.42 Å². The SMILES string of the molecule is CC(c1cc(C(=O)O)ccc1-c1ccccc1)C(O)(c1ccc2c(c1)oc(=O)n2C)C(F)(F)F. The van der Waals surface area contributed by atoms with Gasteiger partial charge in [0.25, 0.3) is 0 Å². The molecule has 176 valence electrons. The van der Waals surface area contributed by atoms with Crippen molar-refractivity contribution in [1.82, 2.24) is 4.57 Å². The number of aryl methyl sites for hydroxylation is 1. The lowest BCUT2D eigenvalue weighted by atomic mass is 9.75. The number of fused-ring (bicyclic) bond motifs is 1. The normalized spacial score (nSPS) is 14.6. The summed E-state index contributed by atoms with van der Waals surface area (Å²) in [6, 6.07) is 15.7. The van der Waals surface area contributed by atoms with Gasteiger partial charge >= 0.3 is 17.9 Å². The van der Waals surface area contributed by atoms with E-state index in [0.717, 1.165) is 22.8 Å². The number of carboxylic acids is 1. The molecule has 2 unspecified atom stereocenters. The highest BCUT2D eigenvalue weighted by Crippen LogP contribution is 2.50. The summed E-state index contributed by atoms with van der Waals surface area (Å²) in [5.41, 5.74) is -3.09. The number of aromatic carboxylic acids is 1. The zero-order valence-corrected chi connectivity index (χ0v) is 18.1. The van der Waals surface area contributed by atoms with E-state index in [0.29, 0.717) is 11.1 Å². The van der Waals surface area contributed by atoms with Gasteiger partial charge in [0.15, 0.2) is 11.2 Å². The lowest BCUT2D eigenvalue weighted by Gasteiger charge is -2.37. The fourth-order valence-electron chi connectivity index (χ4n) is 4.19. The second-order valence-corrected chi connectivity index (χ2v) is 8.07. The van der Waals surface area contributed by atoms with Crippen LogP contribution in [0.1, 0.15) is 34.3 Å². The second kappa shape index (κ2) is 8.18. The van der Waals surface area contributed by atoms with Crippen molar-refractivity contribution in [3.05, 3.63) is 94.0 Å². The molecule has 4 aromatic rings. The van der Waals surface area contributed by atoms with Crippen molar-refractivity contribution in [1.29, 1.82) is 0 Å². The van der Waals surface area contributed by atoms with Crippen molar-refractivity contribution in [3.8, 4) is 11.1 Å².